The van der Waals surface area contributed by atoms with Gasteiger partial charge in [0.05, 0.1) is 23.4 Å². The van der Waals surface area contributed by atoms with Crippen LogP contribution in [0.3, 0.4) is 0 Å². The molecular formula is C27H22N4O3. The van der Waals surface area contributed by atoms with E-state index in [0.29, 0.717) is 29.0 Å². The fraction of sp³-hybridized carbons (Fsp3) is 0.111. The molecular weight excluding hydrogens is 428 g/mol. The van der Waals surface area contributed by atoms with E-state index in [2.05, 4.69) is 10.4 Å². The maximum Gasteiger partial charge on any atom is 0.266 e. The molecule has 4 aromatic rings. The molecule has 5 rings (SSSR count). The Balaban J connectivity index is 1.35. The zero-order valence-electron chi connectivity index (χ0n) is 18.8. The number of benzene rings is 3. The minimum Gasteiger partial charge on any atom is -0.322 e. The van der Waals surface area contributed by atoms with Crippen LogP contribution < -0.4 is 10.2 Å². The molecule has 2 heterocycles. The van der Waals surface area contributed by atoms with Gasteiger partial charge in [-0.3, -0.25) is 19.1 Å². The number of nitrogens with one attached hydrogen (secondary N) is 1. The first-order valence-corrected chi connectivity index (χ1v) is 10.9. The number of aromatic nitrogens is 2. The molecule has 1 aliphatic heterocycles. The van der Waals surface area contributed by atoms with E-state index in [1.165, 1.54) is 11.0 Å². The number of anilines is 2. The number of rotatable bonds is 5. The second-order valence-corrected chi connectivity index (χ2v) is 8.35. The molecule has 0 radical (unpaired) electrons. The highest BCUT2D eigenvalue weighted by atomic mass is 16.2. The van der Waals surface area contributed by atoms with Gasteiger partial charge in [0.1, 0.15) is 0 Å². The van der Waals surface area contributed by atoms with Crippen LogP contribution in [-0.2, 0) is 6.54 Å². The van der Waals surface area contributed by atoms with Crippen LogP contribution in [0.1, 0.15) is 47.8 Å². The van der Waals surface area contributed by atoms with Crippen LogP contribution in [0.4, 0.5) is 11.4 Å². The number of nitrogens with zero attached hydrogens (tertiary/aromatic N) is 3. The Kier molecular flexibility index (Phi) is 5.30. The summed E-state index contributed by atoms with van der Waals surface area (Å²) >= 11 is 0. The summed E-state index contributed by atoms with van der Waals surface area (Å²) in [5.74, 6) is -1.16. The van der Waals surface area contributed by atoms with Gasteiger partial charge in [-0.15, -0.1) is 0 Å². The molecule has 0 unspecified atom stereocenters. The Morgan fingerprint density at radius 2 is 1.68 bits per heavy atom. The number of amides is 3. The van der Waals surface area contributed by atoms with Gasteiger partial charge in [-0.2, -0.15) is 5.10 Å². The van der Waals surface area contributed by atoms with Crippen molar-refractivity contribution in [3.05, 3.63) is 113 Å². The normalized spacial score (nSPS) is 12.7. The Labute approximate surface area is 196 Å². The molecule has 1 aromatic heterocycles. The van der Waals surface area contributed by atoms with Gasteiger partial charge >= 0.3 is 0 Å². The van der Waals surface area contributed by atoms with Crippen LogP contribution in [0.25, 0.3) is 0 Å². The third-order valence-corrected chi connectivity index (χ3v) is 5.87. The van der Waals surface area contributed by atoms with Crippen molar-refractivity contribution in [1.29, 1.82) is 0 Å². The number of carbonyl (C=O) groups excluding carboxylic acids is 3. The highest BCUT2D eigenvalue weighted by Crippen LogP contribution is 2.32. The van der Waals surface area contributed by atoms with Crippen LogP contribution in [-0.4, -0.2) is 27.5 Å². The van der Waals surface area contributed by atoms with Crippen LogP contribution >= 0.6 is 0 Å². The van der Waals surface area contributed by atoms with E-state index in [9.17, 15) is 14.4 Å². The summed E-state index contributed by atoms with van der Waals surface area (Å²) in [6, 6.07) is 19.6. The topological polar surface area (TPSA) is 84.3 Å². The highest BCUT2D eigenvalue weighted by Gasteiger charge is 2.37. The maximum atomic E-state index is 13.1. The molecule has 7 nitrogen and oxygen atoms in total. The van der Waals surface area contributed by atoms with Gasteiger partial charge in [-0.1, -0.05) is 24.3 Å². The van der Waals surface area contributed by atoms with E-state index in [1.54, 1.807) is 18.3 Å². The Morgan fingerprint density at radius 1 is 0.912 bits per heavy atom. The lowest BCUT2D eigenvalue weighted by Gasteiger charge is -2.17. The van der Waals surface area contributed by atoms with Gasteiger partial charge in [-0.25, -0.2) is 4.90 Å². The number of hydrogen-bond donors (Lipinski definition) is 1. The van der Waals surface area contributed by atoms with E-state index in [-0.39, 0.29) is 17.4 Å². The molecule has 0 atom stereocenters. The van der Waals surface area contributed by atoms with Crippen molar-refractivity contribution in [2.75, 3.05) is 10.2 Å². The molecule has 0 fully saturated rings. The fourth-order valence-electron chi connectivity index (χ4n) is 4.04. The van der Waals surface area contributed by atoms with Crippen LogP contribution in [0.15, 0.2) is 79.1 Å². The van der Waals surface area contributed by atoms with Crippen LogP contribution in [0.2, 0.25) is 0 Å². The zero-order valence-corrected chi connectivity index (χ0v) is 18.8. The van der Waals surface area contributed by atoms with Crippen molar-refractivity contribution in [2.45, 2.75) is 20.4 Å². The quantitative estimate of drug-likeness (QED) is 0.451. The molecule has 1 aliphatic rings. The van der Waals surface area contributed by atoms with Crippen molar-refractivity contribution in [3.63, 3.8) is 0 Å². The van der Waals surface area contributed by atoms with Gasteiger partial charge in [-0.05, 0) is 73.0 Å². The zero-order chi connectivity index (χ0) is 23.8. The van der Waals surface area contributed by atoms with Crippen LogP contribution in [0, 0.1) is 13.8 Å². The number of hydrogen-bond acceptors (Lipinski definition) is 4. The lowest BCUT2D eigenvalue weighted by Crippen LogP contribution is -2.30. The molecule has 7 heteroatoms. The van der Waals surface area contributed by atoms with Gasteiger partial charge in [0, 0.05) is 23.6 Å². The largest absolute Gasteiger partial charge is 0.322 e. The lowest BCUT2D eigenvalue weighted by atomic mass is 10.1. The van der Waals surface area contributed by atoms with E-state index in [0.717, 1.165) is 16.7 Å². The Hall–Kier alpha value is -4.52. The van der Waals surface area contributed by atoms with Gasteiger partial charge in [0.2, 0.25) is 0 Å². The van der Waals surface area contributed by atoms with Gasteiger partial charge in [0.15, 0.2) is 0 Å². The second kappa shape index (κ2) is 8.44. The van der Waals surface area contributed by atoms with E-state index < -0.39 is 5.91 Å². The van der Waals surface area contributed by atoms with Crippen molar-refractivity contribution < 1.29 is 14.4 Å². The van der Waals surface area contributed by atoms with Gasteiger partial charge in [0.25, 0.3) is 17.7 Å². The summed E-state index contributed by atoms with van der Waals surface area (Å²) in [6.45, 7) is 4.41. The first-order chi connectivity index (χ1) is 16.4. The predicted molar refractivity (Wildman–Crippen MR) is 129 cm³/mol. The summed E-state index contributed by atoms with van der Waals surface area (Å²) in [5.41, 5.74) is 4.86. The molecule has 34 heavy (non-hydrogen) atoms. The lowest BCUT2D eigenvalue weighted by molar-refractivity contribution is 0.0925. The third-order valence-electron chi connectivity index (χ3n) is 5.87. The van der Waals surface area contributed by atoms with E-state index in [1.807, 2.05) is 73.3 Å². The molecule has 0 aliphatic carbocycles. The standard InChI is InChI=1S/C27H22N4O3/c1-17-4-5-18(2)24(14-17)31-26(33)22-11-8-20(15-23(22)27(31)34)25(32)29-21-9-6-19(7-10-21)16-30-13-3-12-28-30/h3-15H,16H2,1-2H3,(H,29,32). The van der Waals surface area contributed by atoms with Crippen molar-refractivity contribution >= 4 is 29.1 Å². The number of imide groups is 1. The maximum absolute atomic E-state index is 13.1. The highest BCUT2D eigenvalue weighted by molar-refractivity contribution is 6.35. The Bertz CT molecular complexity index is 1420. The molecule has 0 saturated heterocycles. The average molecular weight is 450 g/mol. The minimum absolute atomic E-state index is 0.230. The summed E-state index contributed by atoms with van der Waals surface area (Å²) in [6.07, 6.45) is 3.61. The summed E-state index contributed by atoms with van der Waals surface area (Å²) in [7, 11) is 0. The summed E-state index contributed by atoms with van der Waals surface area (Å²) < 4.78 is 1.82. The fourth-order valence-corrected chi connectivity index (χ4v) is 4.04. The van der Waals surface area contributed by atoms with Gasteiger partial charge < -0.3 is 5.32 Å². The molecule has 1 N–H and O–H groups in total. The minimum atomic E-state index is -0.425. The molecule has 0 bridgehead atoms. The first-order valence-electron chi connectivity index (χ1n) is 10.9. The molecule has 0 saturated carbocycles. The molecule has 3 amide bonds. The first kappa shape index (κ1) is 21.3. The number of aryl methyl sites for hydroxylation is 2. The van der Waals surface area contributed by atoms with Crippen molar-refractivity contribution in [2.24, 2.45) is 0 Å². The average Bonchev–Trinajstić information content (AvgIpc) is 3.43. The van der Waals surface area contributed by atoms with E-state index in [4.69, 9.17) is 0 Å². The summed E-state index contributed by atoms with van der Waals surface area (Å²) in [5, 5.41) is 7.04. The monoisotopic (exact) mass is 450 g/mol. The molecule has 168 valence electrons. The summed E-state index contributed by atoms with van der Waals surface area (Å²) in [4.78, 5) is 40.2. The third kappa shape index (κ3) is 3.88. The van der Waals surface area contributed by atoms with E-state index >= 15 is 0 Å². The number of fused-ring (bicyclic) bond motifs is 1. The molecule has 0 spiro atoms. The number of carbonyl (C=O) groups is 3. The second-order valence-electron chi connectivity index (χ2n) is 8.35. The van der Waals surface area contributed by atoms with Crippen LogP contribution in [0.5, 0.6) is 0 Å². The predicted octanol–water partition coefficient (Wildman–Crippen LogP) is 4.60. The smallest absolute Gasteiger partial charge is 0.266 e. The SMILES string of the molecule is Cc1ccc(C)c(N2C(=O)c3ccc(C(=O)Nc4ccc(Cn5cccn5)cc4)cc3C2=O)c1. The van der Waals surface area contributed by atoms with Crippen molar-refractivity contribution in [1.82, 2.24) is 9.78 Å². The van der Waals surface area contributed by atoms with Crippen molar-refractivity contribution in [3.8, 4) is 0 Å². The molecule has 3 aromatic carbocycles. The Morgan fingerprint density at radius 3 is 2.41 bits per heavy atom.